The van der Waals surface area contributed by atoms with Crippen molar-refractivity contribution in [1.29, 1.82) is 0 Å². The minimum atomic E-state index is -0.0391. The van der Waals surface area contributed by atoms with Gasteiger partial charge >= 0.3 is 0 Å². The summed E-state index contributed by atoms with van der Waals surface area (Å²) in [5, 5.41) is 3.33. The molecule has 1 amide bonds. The molecular weight excluding hydrogens is 228 g/mol. The van der Waals surface area contributed by atoms with Crippen LogP contribution in [-0.4, -0.2) is 48.7 Å². The maximum Gasteiger partial charge on any atom is 0.239 e. The van der Waals surface area contributed by atoms with E-state index in [4.69, 9.17) is 4.74 Å². The highest BCUT2D eigenvalue weighted by Gasteiger charge is 2.29. The van der Waals surface area contributed by atoms with Gasteiger partial charge in [0.1, 0.15) is 0 Å². The predicted molar refractivity (Wildman–Crippen MR) is 64.9 cm³/mol. The lowest BCUT2D eigenvalue weighted by Crippen LogP contribution is -2.51. The third kappa shape index (κ3) is 3.61. The maximum absolute atomic E-state index is 12.0. The molecule has 0 bridgehead atoms. The standard InChI is InChI=1S/C11H20N2O2.ClH/c1-8-7-13(5-6-15-8)11(14)9(2)12-10-3-4-10;/h8-10,12H,3-7H2,1-2H3;1H. The van der Waals surface area contributed by atoms with Crippen LogP contribution in [0, 0.1) is 0 Å². The number of halogens is 1. The van der Waals surface area contributed by atoms with Crippen molar-refractivity contribution in [2.75, 3.05) is 19.7 Å². The Morgan fingerprint density at radius 3 is 2.75 bits per heavy atom. The minimum Gasteiger partial charge on any atom is -0.375 e. The van der Waals surface area contributed by atoms with Gasteiger partial charge in [-0.25, -0.2) is 0 Å². The van der Waals surface area contributed by atoms with E-state index in [1.54, 1.807) is 0 Å². The molecule has 5 heteroatoms. The highest BCUT2D eigenvalue weighted by Crippen LogP contribution is 2.19. The number of nitrogens with one attached hydrogen (secondary N) is 1. The number of amides is 1. The van der Waals surface area contributed by atoms with Gasteiger partial charge in [0.15, 0.2) is 0 Å². The molecule has 1 aliphatic heterocycles. The van der Waals surface area contributed by atoms with E-state index in [1.165, 1.54) is 12.8 Å². The Kier molecular flexibility index (Phi) is 5.02. The molecule has 2 unspecified atom stereocenters. The number of morpholine rings is 1. The molecule has 1 heterocycles. The van der Waals surface area contributed by atoms with Gasteiger partial charge in [-0.15, -0.1) is 12.4 Å². The molecule has 0 aromatic rings. The van der Waals surface area contributed by atoms with Gasteiger partial charge in [-0.05, 0) is 26.7 Å². The summed E-state index contributed by atoms with van der Waals surface area (Å²) in [5.74, 6) is 0.219. The Balaban J connectivity index is 0.00000128. The van der Waals surface area contributed by atoms with Gasteiger partial charge in [-0.2, -0.15) is 0 Å². The molecule has 0 radical (unpaired) electrons. The van der Waals surface area contributed by atoms with Gasteiger partial charge in [0.2, 0.25) is 5.91 Å². The Hall–Kier alpha value is -0.320. The second-order valence-electron chi connectivity index (χ2n) is 4.63. The van der Waals surface area contributed by atoms with E-state index in [0.717, 1.165) is 13.1 Å². The normalized spacial score (nSPS) is 27.1. The van der Waals surface area contributed by atoms with E-state index < -0.39 is 0 Å². The third-order valence-electron chi connectivity index (χ3n) is 2.99. The van der Waals surface area contributed by atoms with Gasteiger partial charge in [-0.1, -0.05) is 0 Å². The summed E-state index contributed by atoms with van der Waals surface area (Å²) in [7, 11) is 0. The number of carbonyl (C=O) groups excluding carboxylic acids is 1. The summed E-state index contributed by atoms with van der Waals surface area (Å²) >= 11 is 0. The largest absolute Gasteiger partial charge is 0.375 e. The molecule has 2 aliphatic rings. The summed E-state index contributed by atoms with van der Waals surface area (Å²) in [6.45, 7) is 6.11. The molecule has 0 aromatic carbocycles. The van der Waals surface area contributed by atoms with Crippen LogP contribution >= 0.6 is 12.4 Å². The molecule has 1 N–H and O–H groups in total. The number of hydrogen-bond acceptors (Lipinski definition) is 3. The van der Waals surface area contributed by atoms with Crippen molar-refractivity contribution in [3.63, 3.8) is 0 Å². The molecule has 94 valence electrons. The first-order chi connectivity index (χ1) is 7.16. The average Bonchev–Trinajstić information content (AvgIpc) is 3.00. The zero-order valence-corrected chi connectivity index (χ0v) is 10.8. The Labute approximate surface area is 103 Å². The molecule has 0 aromatic heterocycles. The van der Waals surface area contributed by atoms with E-state index in [9.17, 15) is 4.79 Å². The van der Waals surface area contributed by atoms with Crippen molar-refractivity contribution in [2.24, 2.45) is 0 Å². The zero-order chi connectivity index (χ0) is 10.8. The fourth-order valence-electron chi connectivity index (χ4n) is 1.97. The number of rotatable bonds is 3. The molecule has 1 saturated carbocycles. The molecular formula is C11H21ClN2O2. The van der Waals surface area contributed by atoms with E-state index >= 15 is 0 Å². The highest BCUT2D eigenvalue weighted by atomic mass is 35.5. The summed E-state index contributed by atoms with van der Waals surface area (Å²) < 4.78 is 5.42. The topological polar surface area (TPSA) is 41.6 Å². The lowest BCUT2D eigenvalue weighted by molar-refractivity contribution is -0.140. The Morgan fingerprint density at radius 2 is 2.19 bits per heavy atom. The van der Waals surface area contributed by atoms with Gasteiger partial charge < -0.3 is 15.0 Å². The highest BCUT2D eigenvalue weighted by molar-refractivity contribution is 5.85. The molecule has 1 saturated heterocycles. The zero-order valence-electron chi connectivity index (χ0n) is 9.94. The SMILES string of the molecule is CC1CN(C(=O)C(C)NC2CC2)CCO1.Cl. The van der Waals surface area contributed by atoms with Gasteiger partial charge in [0, 0.05) is 19.1 Å². The molecule has 2 rings (SSSR count). The fraction of sp³-hybridized carbons (Fsp3) is 0.909. The summed E-state index contributed by atoms with van der Waals surface area (Å²) in [4.78, 5) is 13.9. The van der Waals surface area contributed by atoms with Crippen LogP contribution in [0.2, 0.25) is 0 Å². The second-order valence-corrected chi connectivity index (χ2v) is 4.63. The van der Waals surface area contributed by atoms with Crippen LogP contribution < -0.4 is 5.32 Å². The monoisotopic (exact) mass is 248 g/mol. The van der Waals surface area contributed by atoms with Crippen LogP contribution in [-0.2, 0) is 9.53 Å². The lowest BCUT2D eigenvalue weighted by Gasteiger charge is -2.33. The first-order valence-corrected chi connectivity index (χ1v) is 5.83. The van der Waals surface area contributed by atoms with E-state index in [-0.39, 0.29) is 30.5 Å². The van der Waals surface area contributed by atoms with Crippen molar-refractivity contribution in [3.05, 3.63) is 0 Å². The van der Waals surface area contributed by atoms with Crippen LogP contribution in [0.15, 0.2) is 0 Å². The van der Waals surface area contributed by atoms with E-state index in [1.807, 2.05) is 18.7 Å². The number of hydrogen-bond donors (Lipinski definition) is 1. The second kappa shape index (κ2) is 5.84. The minimum absolute atomic E-state index is 0. The molecule has 2 atom stereocenters. The molecule has 2 fully saturated rings. The van der Waals surface area contributed by atoms with Crippen LogP contribution in [0.5, 0.6) is 0 Å². The fourth-order valence-corrected chi connectivity index (χ4v) is 1.97. The number of ether oxygens (including phenoxy) is 1. The van der Waals surface area contributed by atoms with Crippen molar-refractivity contribution >= 4 is 18.3 Å². The smallest absolute Gasteiger partial charge is 0.239 e. The van der Waals surface area contributed by atoms with Gasteiger partial charge in [0.05, 0.1) is 18.8 Å². The van der Waals surface area contributed by atoms with Crippen molar-refractivity contribution < 1.29 is 9.53 Å². The first kappa shape index (κ1) is 13.7. The first-order valence-electron chi connectivity index (χ1n) is 5.83. The number of nitrogens with zero attached hydrogens (tertiary/aromatic N) is 1. The Morgan fingerprint density at radius 1 is 1.50 bits per heavy atom. The average molecular weight is 249 g/mol. The molecule has 0 spiro atoms. The summed E-state index contributed by atoms with van der Waals surface area (Å²) in [6.07, 6.45) is 2.62. The van der Waals surface area contributed by atoms with Crippen LogP contribution in [0.1, 0.15) is 26.7 Å². The molecule has 1 aliphatic carbocycles. The van der Waals surface area contributed by atoms with E-state index in [0.29, 0.717) is 12.6 Å². The van der Waals surface area contributed by atoms with Crippen LogP contribution in [0.25, 0.3) is 0 Å². The Bertz CT molecular complexity index is 246. The van der Waals surface area contributed by atoms with Crippen LogP contribution in [0.4, 0.5) is 0 Å². The summed E-state index contributed by atoms with van der Waals surface area (Å²) in [5.41, 5.74) is 0. The maximum atomic E-state index is 12.0. The van der Waals surface area contributed by atoms with Crippen molar-refractivity contribution in [2.45, 2.75) is 44.9 Å². The molecule has 4 nitrogen and oxygen atoms in total. The quantitative estimate of drug-likeness (QED) is 0.803. The van der Waals surface area contributed by atoms with E-state index in [2.05, 4.69) is 5.32 Å². The number of carbonyl (C=O) groups is 1. The van der Waals surface area contributed by atoms with Crippen LogP contribution in [0.3, 0.4) is 0 Å². The molecule has 16 heavy (non-hydrogen) atoms. The third-order valence-corrected chi connectivity index (χ3v) is 2.99. The van der Waals surface area contributed by atoms with Gasteiger partial charge in [-0.3, -0.25) is 4.79 Å². The van der Waals surface area contributed by atoms with Crippen molar-refractivity contribution in [1.82, 2.24) is 10.2 Å². The summed E-state index contributed by atoms with van der Waals surface area (Å²) in [6, 6.07) is 0.546. The predicted octanol–water partition coefficient (Wildman–Crippen LogP) is 0.796. The van der Waals surface area contributed by atoms with Gasteiger partial charge in [0.25, 0.3) is 0 Å². The lowest BCUT2D eigenvalue weighted by atomic mass is 10.2. The van der Waals surface area contributed by atoms with Crippen molar-refractivity contribution in [3.8, 4) is 0 Å².